The van der Waals surface area contributed by atoms with Gasteiger partial charge in [-0.2, -0.15) is 0 Å². The number of carboxylic acid groups (broad SMARTS) is 1. The van der Waals surface area contributed by atoms with Crippen LogP contribution in [0.4, 0.5) is 0 Å². The molecule has 1 aliphatic rings. The van der Waals surface area contributed by atoms with Crippen molar-refractivity contribution in [2.45, 2.75) is 44.6 Å². The zero-order valence-corrected chi connectivity index (χ0v) is 12.5. The predicted molar refractivity (Wildman–Crippen MR) is 80.9 cm³/mol. The number of likely N-dealkylation sites (N-methyl/N-ethyl adjacent to an activating group) is 1. The summed E-state index contributed by atoms with van der Waals surface area (Å²) in [6.07, 6.45) is 4.91. The minimum atomic E-state index is -0.729. The molecule has 0 radical (unpaired) electrons. The maximum atomic E-state index is 11.5. The molecule has 0 amide bonds. The van der Waals surface area contributed by atoms with E-state index in [4.69, 9.17) is 0 Å². The number of hydrogen-bond donors (Lipinski definition) is 1. The molecule has 1 unspecified atom stereocenters. The van der Waals surface area contributed by atoms with Crippen LogP contribution in [0.3, 0.4) is 0 Å². The molecular weight excluding hydrogens is 250 g/mol. The van der Waals surface area contributed by atoms with Crippen molar-refractivity contribution in [2.75, 3.05) is 13.6 Å². The molecule has 1 aromatic carbocycles. The second kappa shape index (κ2) is 6.89. The Hall–Kier alpha value is -1.35. The molecule has 1 aliphatic carbocycles. The van der Waals surface area contributed by atoms with Crippen LogP contribution in [0.5, 0.6) is 0 Å². The summed E-state index contributed by atoms with van der Waals surface area (Å²) in [6.45, 7) is 2.90. The Bertz CT molecular complexity index is 424. The molecule has 1 N–H and O–H groups in total. The smallest absolute Gasteiger partial charge is 0.312 e. The Balaban J connectivity index is 2.00. The maximum absolute atomic E-state index is 11.5. The van der Waals surface area contributed by atoms with Gasteiger partial charge in [0.1, 0.15) is 0 Å². The summed E-state index contributed by atoms with van der Waals surface area (Å²) in [6, 6.07) is 10.1. The van der Waals surface area contributed by atoms with Crippen molar-refractivity contribution >= 4 is 5.97 Å². The Morgan fingerprint density at radius 3 is 2.40 bits per heavy atom. The standard InChI is InChI=1S/C17H25NO2/c1-13-8-10-15(11-9-13)18(2)12-16(17(19)20)14-6-4-3-5-7-14/h3-7,13,15-16H,8-12H2,1-2H3,(H,19,20). The monoisotopic (exact) mass is 275 g/mol. The topological polar surface area (TPSA) is 40.5 Å². The third-order valence-electron chi connectivity index (χ3n) is 4.58. The van der Waals surface area contributed by atoms with Crippen LogP contribution in [-0.2, 0) is 4.79 Å². The third-order valence-corrected chi connectivity index (χ3v) is 4.58. The van der Waals surface area contributed by atoms with Gasteiger partial charge >= 0.3 is 5.97 Å². The van der Waals surface area contributed by atoms with E-state index in [1.165, 1.54) is 25.7 Å². The molecule has 0 spiro atoms. The molecule has 3 heteroatoms. The van der Waals surface area contributed by atoms with Gasteiger partial charge in [-0.05, 0) is 44.2 Å². The van der Waals surface area contributed by atoms with E-state index in [2.05, 4.69) is 18.9 Å². The van der Waals surface area contributed by atoms with E-state index in [1.807, 2.05) is 30.3 Å². The Labute approximate surface area is 121 Å². The average Bonchev–Trinajstić information content (AvgIpc) is 2.46. The molecule has 0 aliphatic heterocycles. The van der Waals surface area contributed by atoms with Crippen molar-refractivity contribution in [3.05, 3.63) is 35.9 Å². The minimum Gasteiger partial charge on any atom is -0.481 e. The molecule has 2 rings (SSSR count). The van der Waals surface area contributed by atoms with E-state index in [0.29, 0.717) is 12.6 Å². The van der Waals surface area contributed by atoms with Crippen molar-refractivity contribution in [3.63, 3.8) is 0 Å². The van der Waals surface area contributed by atoms with Gasteiger partial charge in [0.15, 0.2) is 0 Å². The zero-order chi connectivity index (χ0) is 14.5. The van der Waals surface area contributed by atoms with Gasteiger partial charge in [-0.3, -0.25) is 4.79 Å². The number of carbonyl (C=O) groups is 1. The van der Waals surface area contributed by atoms with Gasteiger partial charge in [0.2, 0.25) is 0 Å². The number of carboxylic acids is 1. The van der Waals surface area contributed by atoms with Gasteiger partial charge in [0.05, 0.1) is 5.92 Å². The quantitative estimate of drug-likeness (QED) is 0.895. The van der Waals surface area contributed by atoms with E-state index in [9.17, 15) is 9.90 Å². The summed E-state index contributed by atoms with van der Waals surface area (Å²) in [5.74, 6) is -0.336. The van der Waals surface area contributed by atoms with Gasteiger partial charge in [0.25, 0.3) is 0 Å². The molecule has 1 fully saturated rings. The lowest BCUT2D eigenvalue weighted by molar-refractivity contribution is -0.139. The Morgan fingerprint density at radius 2 is 1.85 bits per heavy atom. The minimum absolute atomic E-state index is 0.430. The molecule has 1 atom stereocenters. The maximum Gasteiger partial charge on any atom is 0.312 e. The zero-order valence-electron chi connectivity index (χ0n) is 12.5. The van der Waals surface area contributed by atoms with Crippen molar-refractivity contribution in [1.82, 2.24) is 4.90 Å². The third kappa shape index (κ3) is 3.83. The SMILES string of the molecule is CC1CCC(N(C)CC(C(=O)O)c2ccccc2)CC1. The van der Waals surface area contributed by atoms with Crippen molar-refractivity contribution < 1.29 is 9.90 Å². The van der Waals surface area contributed by atoms with E-state index in [-0.39, 0.29) is 0 Å². The summed E-state index contributed by atoms with van der Waals surface area (Å²) < 4.78 is 0. The molecule has 3 nitrogen and oxygen atoms in total. The first-order valence-corrected chi connectivity index (χ1v) is 7.56. The number of rotatable bonds is 5. The fourth-order valence-electron chi connectivity index (χ4n) is 3.13. The Kier molecular flexibility index (Phi) is 5.18. The summed E-state index contributed by atoms with van der Waals surface area (Å²) in [5, 5.41) is 9.49. The van der Waals surface area contributed by atoms with Crippen molar-refractivity contribution in [3.8, 4) is 0 Å². The normalized spacial score (nSPS) is 24.6. The van der Waals surface area contributed by atoms with E-state index in [1.54, 1.807) is 0 Å². The van der Waals surface area contributed by atoms with Crippen LogP contribution in [-0.4, -0.2) is 35.6 Å². The second-order valence-corrected chi connectivity index (χ2v) is 6.15. The lowest BCUT2D eigenvalue weighted by Crippen LogP contribution is -2.39. The van der Waals surface area contributed by atoms with Gasteiger partial charge < -0.3 is 10.0 Å². The summed E-state index contributed by atoms with van der Waals surface area (Å²) >= 11 is 0. The number of aliphatic carboxylic acids is 1. The van der Waals surface area contributed by atoms with Crippen LogP contribution in [0.1, 0.15) is 44.1 Å². The van der Waals surface area contributed by atoms with E-state index >= 15 is 0 Å². The van der Waals surface area contributed by atoms with Gasteiger partial charge in [-0.1, -0.05) is 37.3 Å². The van der Waals surface area contributed by atoms with E-state index in [0.717, 1.165) is 11.5 Å². The van der Waals surface area contributed by atoms with E-state index < -0.39 is 11.9 Å². The molecule has 0 aromatic heterocycles. The number of hydrogen-bond acceptors (Lipinski definition) is 2. The lowest BCUT2D eigenvalue weighted by Gasteiger charge is -2.35. The second-order valence-electron chi connectivity index (χ2n) is 6.15. The van der Waals surface area contributed by atoms with Crippen LogP contribution in [0.2, 0.25) is 0 Å². The Morgan fingerprint density at radius 1 is 1.25 bits per heavy atom. The highest BCUT2D eigenvalue weighted by Crippen LogP contribution is 2.28. The molecule has 110 valence electrons. The number of benzene rings is 1. The summed E-state index contributed by atoms with van der Waals surface area (Å²) in [5.41, 5.74) is 0.899. The van der Waals surface area contributed by atoms with Gasteiger partial charge in [-0.25, -0.2) is 0 Å². The number of nitrogens with zero attached hydrogens (tertiary/aromatic N) is 1. The largest absolute Gasteiger partial charge is 0.481 e. The highest BCUT2D eigenvalue weighted by atomic mass is 16.4. The molecule has 20 heavy (non-hydrogen) atoms. The van der Waals surface area contributed by atoms with Gasteiger partial charge in [-0.15, -0.1) is 0 Å². The highest BCUT2D eigenvalue weighted by molar-refractivity contribution is 5.76. The van der Waals surface area contributed by atoms with Crippen LogP contribution < -0.4 is 0 Å². The highest BCUT2D eigenvalue weighted by Gasteiger charge is 2.27. The van der Waals surface area contributed by atoms with Crippen LogP contribution in [0, 0.1) is 5.92 Å². The van der Waals surface area contributed by atoms with Crippen molar-refractivity contribution in [2.24, 2.45) is 5.92 Å². The van der Waals surface area contributed by atoms with Crippen LogP contribution >= 0.6 is 0 Å². The summed E-state index contributed by atoms with van der Waals surface area (Å²) in [4.78, 5) is 13.8. The fraction of sp³-hybridized carbons (Fsp3) is 0.588. The fourth-order valence-corrected chi connectivity index (χ4v) is 3.13. The molecule has 1 aromatic rings. The van der Waals surface area contributed by atoms with Crippen LogP contribution in [0.15, 0.2) is 30.3 Å². The molecular formula is C17H25NO2. The predicted octanol–water partition coefficient (Wildman–Crippen LogP) is 3.37. The first kappa shape index (κ1) is 15.0. The lowest BCUT2D eigenvalue weighted by atomic mass is 9.86. The summed E-state index contributed by atoms with van der Waals surface area (Å²) in [7, 11) is 2.07. The molecule has 0 bridgehead atoms. The molecule has 1 saturated carbocycles. The molecule has 0 heterocycles. The first-order chi connectivity index (χ1) is 9.58. The van der Waals surface area contributed by atoms with Crippen molar-refractivity contribution in [1.29, 1.82) is 0 Å². The molecule has 0 saturated heterocycles. The first-order valence-electron chi connectivity index (χ1n) is 7.56. The van der Waals surface area contributed by atoms with Gasteiger partial charge in [0, 0.05) is 12.6 Å². The average molecular weight is 275 g/mol. The van der Waals surface area contributed by atoms with Crippen LogP contribution in [0.25, 0.3) is 0 Å².